The number of aryl methyl sites for hydroxylation is 1. The average Bonchev–Trinajstić information content (AvgIpc) is 2.84. The van der Waals surface area contributed by atoms with E-state index in [2.05, 4.69) is 15.2 Å². The third-order valence-electron chi connectivity index (χ3n) is 2.45. The Morgan fingerprint density at radius 1 is 1.38 bits per heavy atom. The lowest BCUT2D eigenvalue weighted by atomic mass is 10.2. The predicted molar refractivity (Wildman–Crippen MR) is 59.6 cm³/mol. The first kappa shape index (κ1) is 8.90. The minimum Gasteiger partial charge on any atom is -0.382 e. The molecule has 6 nitrogen and oxygen atoms in total. The lowest BCUT2D eigenvalue weighted by Crippen LogP contribution is -1.96. The van der Waals surface area contributed by atoms with Crippen LogP contribution in [0, 0.1) is 0 Å². The van der Waals surface area contributed by atoms with Gasteiger partial charge in [0.05, 0.1) is 5.69 Å². The second kappa shape index (κ2) is 3.06. The van der Waals surface area contributed by atoms with Crippen molar-refractivity contribution in [3.05, 3.63) is 30.9 Å². The van der Waals surface area contributed by atoms with Crippen molar-refractivity contribution in [2.45, 2.75) is 0 Å². The van der Waals surface area contributed by atoms with E-state index in [0.29, 0.717) is 5.82 Å². The van der Waals surface area contributed by atoms with Crippen molar-refractivity contribution in [1.82, 2.24) is 24.4 Å². The molecule has 0 fully saturated rings. The molecule has 0 aliphatic heterocycles. The van der Waals surface area contributed by atoms with Crippen molar-refractivity contribution in [3.8, 4) is 11.3 Å². The van der Waals surface area contributed by atoms with Gasteiger partial charge in [0, 0.05) is 25.0 Å². The molecule has 3 heterocycles. The third-order valence-corrected chi connectivity index (χ3v) is 2.45. The van der Waals surface area contributed by atoms with Crippen LogP contribution in [0.5, 0.6) is 0 Å². The Hall–Kier alpha value is -2.37. The molecule has 0 aliphatic carbocycles. The molecule has 3 aromatic heterocycles. The maximum atomic E-state index is 5.76. The van der Waals surface area contributed by atoms with Crippen molar-refractivity contribution in [2.75, 3.05) is 5.73 Å². The predicted octanol–water partition coefficient (Wildman–Crippen LogP) is 0.712. The fraction of sp³-hybridized carbons (Fsp3) is 0.100. The Morgan fingerprint density at radius 3 is 2.94 bits per heavy atom. The molecule has 0 atom stereocenters. The van der Waals surface area contributed by atoms with Gasteiger partial charge in [0.25, 0.3) is 0 Å². The van der Waals surface area contributed by atoms with Crippen LogP contribution in [0.3, 0.4) is 0 Å². The summed E-state index contributed by atoms with van der Waals surface area (Å²) < 4.78 is 3.46. The van der Waals surface area contributed by atoms with Gasteiger partial charge in [0.2, 0.25) is 0 Å². The van der Waals surface area contributed by atoms with Gasteiger partial charge in [-0.25, -0.2) is 9.50 Å². The van der Waals surface area contributed by atoms with Gasteiger partial charge in [0.15, 0.2) is 5.82 Å². The van der Waals surface area contributed by atoms with Crippen LogP contribution in [0.2, 0.25) is 0 Å². The van der Waals surface area contributed by atoms with E-state index in [1.54, 1.807) is 9.20 Å². The van der Waals surface area contributed by atoms with Crippen LogP contribution in [-0.2, 0) is 7.05 Å². The van der Waals surface area contributed by atoms with Gasteiger partial charge >= 0.3 is 0 Å². The number of aromatic nitrogens is 5. The van der Waals surface area contributed by atoms with Gasteiger partial charge in [-0.15, -0.1) is 0 Å². The highest BCUT2D eigenvalue weighted by Crippen LogP contribution is 2.21. The molecule has 6 heteroatoms. The van der Waals surface area contributed by atoms with E-state index in [4.69, 9.17) is 5.73 Å². The van der Waals surface area contributed by atoms with Crippen LogP contribution in [-0.4, -0.2) is 24.4 Å². The molecule has 0 aromatic carbocycles. The number of nitrogens with two attached hydrogens (primary N) is 1. The molecule has 80 valence electrons. The van der Waals surface area contributed by atoms with Crippen LogP contribution in [0.1, 0.15) is 0 Å². The first-order valence-corrected chi connectivity index (χ1v) is 4.83. The summed E-state index contributed by atoms with van der Waals surface area (Å²) in [5.74, 6) is 0.470. The van der Waals surface area contributed by atoms with E-state index in [0.717, 1.165) is 16.8 Å². The molecule has 0 spiro atoms. The summed E-state index contributed by atoms with van der Waals surface area (Å²) in [5.41, 5.74) is 8.43. The lowest BCUT2D eigenvalue weighted by molar-refractivity contribution is 0.771. The standard InChI is InChI=1S/C10H10N6/c1-15-3-2-8(14-15)7-4-9-10(11)12-6-13-16(9)5-7/h2-6H,1H3,(H2,11,12,13). The van der Waals surface area contributed by atoms with E-state index < -0.39 is 0 Å². The van der Waals surface area contributed by atoms with Gasteiger partial charge in [0.1, 0.15) is 11.8 Å². The molecule has 16 heavy (non-hydrogen) atoms. The zero-order valence-electron chi connectivity index (χ0n) is 8.70. The van der Waals surface area contributed by atoms with Gasteiger partial charge in [-0.1, -0.05) is 0 Å². The first-order chi connectivity index (χ1) is 7.74. The summed E-state index contributed by atoms with van der Waals surface area (Å²) in [6.45, 7) is 0. The molecule has 0 radical (unpaired) electrons. The van der Waals surface area contributed by atoms with Crippen molar-refractivity contribution in [2.24, 2.45) is 7.05 Å². The van der Waals surface area contributed by atoms with Gasteiger partial charge < -0.3 is 5.73 Å². The fourth-order valence-electron chi connectivity index (χ4n) is 1.66. The minimum atomic E-state index is 0.470. The van der Waals surface area contributed by atoms with Crippen LogP contribution in [0.4, 0.5) is 5.82 Å². The minimum absolute atomic E-state index is 0.470. The lowest BCUT2D eigenvalue weighted by Gasteiger charge is -1.93. The number of hydrogen-bond donors (Lipinski definition) is 1. The van der Waals surface area contributed by atoms with E-state index in [9.17, 15) is 0 Å². The van der Waals surface area contributed by atoms with Crippen LogP contribution < -0.4 is 5.73 Å². The highest BCUT2D eigenvalue weighted by Gasteiger charge is 2.07. The van der Waals surface area contributed by atoms with E-state index in [1.165, 1.54) is 6.33 Å². The Bertz CT molecular complexity index is 650. The topological polar surface area (TPSA) is 74.0 Å². The molecule has 3 rings (SSSR count). The van der Waals surface area contributed by atoms with Crippen molar-refractivity contribution in [1.29, 1.82) is 0 Å². The number of anilines is 1. The number of nitrogens with zero attached hydrogens (tertiary/aromatic N) is 5. The van der Waals surface area contributed by atoms with Gasteiger partial charge in [-0.05, 0) is 12.1 Å². The van der Waals surface area contributed by atoms with Gasteiger partial charge in [-0.3, -0.25) is 4.68 Å². The second-order valence-corrected chi connectivity index (χ2v) is 3.58. The average molecular weight is 214 g/mol. The van der Waals surface area contributed by atoms with Crippen LogP contribution in [0.25, 0.3) is 16.8 Å². The monoisotopic (exact) mass is 214 g/mol. The SMILES string of the molecule is Cn1ccc(-c2cc3c(N)ncnn3c2)n1. The third kappa shape index (κ3) is 1.23. The first-order valence-electron chi connectivity index (χ1n) is 4.83. The Kier molecular flexibility index (Phi) is 1.70. The fourth-order valence-corrected chi connectivity index (χ4v) is 1.66. The van der Waals surface area contributed by atoms with Crippen molar-refractivity contribution < 1.29 is 0 Å². The van der Waals surface area contributed by atoms with Crippen molar-refractivity contribution >= 4 is 11.3 Å². The van der Waals surface area contributed by atoms with Crippen LogP contribution >= 0.6 is 0 Å². The highest BCUT2D eigenvalue weighted by molar-refractivity contribution is 5.74. The smallest absolute Gasteiger partial charge is 0.151 e. The largest absolute Gasteiger partial charge is 0.382 e. The molecule has 0 amide bonds. The summed E-state index contributed by atoms with van der Waals surface area (Å²) in [6, 6.07) is 3.87. The Labute approximate surface area is 91.3 Å². The van der Waals surface area contributed by atoms with E-state index >= 15 is 0 Å². The van der Waals surface area contributed by atoms with E-state index in [-0.39, 0.29) is 0 Å². The molecule has 0 bridgehead atoms. The summed E-state index contributed by atoms with van der Waals surface area (Å²) in [7, 11) is 1.88. The van der Waals surface area contributed by atoms with Gasteiger partial charge in [-0.2, -0.15) is 10.2 Å². The molecule has 2 N–H and O–H groups in total. The molecule has 0 unspecified atom stereocenters. The molecule has 0 saturated carbocycles. The summed E-state index contributed by atoms with van der Waals surface area (Å²) in [6.07, 6.45) is 5.22. The van der Waals surface area contributed by atoms with Crippen molar-refractivity contribution in [3.63, 3.8) is 0 Å². The number of nitrogen functional groups attached to an aromatic ring is 1. The van der Waals surface area contributed by atoms with E-state index in [1.807, 2.05) is 31.6 Å². The Morgan fingerprint density at radius 2 is 2.25 bits per heavy atom. The molecule has 0 saturated heterocycles. The number of hydrogen-bond acceptors (Lipinski definition) is 4. The molecule has 0 aliphatic rings. The summed E-state index contributed by atoms with van der Waals surface area (Å²) in [4.78, 5) is 3.94. The molecular weight excluding hydrogens is 204 g/mol. The maximum absolute atomic E-state index is 5.76. The molecular formula is C10H10N6. The summed E-state index contributed by atoms with van der Waals surface area (Å²) >= 11 is 0. The quantitative estimate of drug-likeness (QED) is 0.647. The zero-order valence-corrected chi connectivity index (χ0v) is 8.70. The molecule has 3 aromatic rings. The maximum Gasteiger partial charge on any atom is 0.151 e. The number of fused-ring (bicyclic) bond motifs is 1. The van der Waals surface area contributed by atoms with Crippen LogP contribution in [0.15, 0.2) is 30.9 Å². The highest BCUT2D eigenvalue weighted by atomic mass is 15.3. The number of rotatable bonds is 1. The zero-order chi connectivity index (χ0) is 11.1. The normalized spacial score (nSPS) is 11.1. The Balaban J connectivity index is 2.22. The summed E-state index contributed by atoms with van der Waals surface area (Å²) in [5, 5.41) is 8.41. The second-order valence-electron chi connectivity index (χ2n) is 3.58.